The quantitative estimate of drug-likeness (QED) is 0.454. The zero-order valence-corrected chi connectivity index (χ0v) is 19.5. The van der Waals surface area contributed by atoms with E-state index in [1.807, 2.05) is 59.9 Å². The SMILES string of the molecule is CC1c2c(-c3ccnc4[nH]ccc34)c(-c3ccc(F)cc3)nn2CCN1C(=O)/C=C/CN(C)C. The monoisotopic (exact) mass is 458 g/mol. The Bertz CT molecular complexity index is 1370. The number of carbonyl (C=O) groups excluding carboxylic acids is 1. The van der Waals surface area contributed by atoms with Gasteiger partial charge in [-0.1, -0.05) is 6.08 Å². The van der Waals surface area contributed by atoms with Gasteiger partial charge in [0.15, 0.2) is 0 Å². The molecular weight excluding hydrogens is 431 g/mol. The van der Waals surface area contributed by atoms with E-state index in [0.717, 1.165) is 39.1 Å². The first-order chi connectivity index (χ1) is 16.4. The molecule has 1 N–H and O–H groups in total. The molecule has 0 aliphatic carbocycles. The Morgan fingerprint density at radius 2 is 2.00 bits per heavy atom. The number of pyridine rings is 1. The van der Waals surface area contributed by atoms with E-state index in [4.69, 9.17) is 5.10 Å². The van der Waals surface area contributed by atoms with Crippen molar-refractivity contribution in [2.45, 2.75) is 19.5 Å². The van der Waals surface area contributed by atoms with Crippen LogP contribution in [0.25, 0.3) is 33.4 Å². The number of H-pyrrole nitrogens is 1. The van der Waals surface area contributed by atoms with Gasteiger partial charge in [0.25, 0.3) is 0 Å². The van der Waals surface area contributed by atoms with Gasteiger partial charge in [0, 0.05) is 48.1 Å². The van der Waals surface area contributed by atoms with Crippen LogP contribution in [-0.2, 0) is 11.3 Å². The summed E-state index contributed by atoms with van der Waals surface area (Å²) in [4.78, 5) is 24.6. The van der Waals surface area contributed by atoms with E-state index in [0.29, 0.717) is 19.6 Å². The highest BCUT2D eigenvalue weighted by Crippen LogP contribution is 2.42. The highest BCUT2D eigenvalue weighted by molar-refractivity contribution is 5.98. The Hall–Kier alpha value is -3.78. The van der Waals surface area contributed by atoms with E-state index in [-0.39, 0.29) is 17.8 Å². The van der Waals surface area contributed by atoms with Crippen LogP contribution in [0.3, 0.4) is 0 Å². The lowest BCUT2D eigenvalue weighted by molar-refractivity contribution is -0.129. The second kappa shape index (κ2) is 8.87. The second-order valence-corrected chi connectivity index (χ2v) is 8.81. The first-order valence-electron chi connectivity index (χ1n) is 11.3. The minimum Gasteiger partial charge on any atom is -0.346 e. The molecule has 3 aromatic heterocycles. The van der Waals surface area contributed by atoms with Gasteiger partial charge >= 0.3 is 0 Å². The van der Waals surface area contributed by atoms with Crippen LogP contribution in [0.15, 0.2) is 60.9 Å². The minimum atomic E-state index is -0.291. The standard InChI is InChI=1S/C26H27FN6O/c1-17-25-23(20-10-12-28-26-21(20)11-13-29-26)24(18-6-8-19(27)9-7-18)30-33(25)16-15-32(17)22(34)5-4-14-31(2)3/h4-13,17H,14-16H2,1-3H3,(H,28,29)/b5-4+. The second-order valence-electron chi connectivity index (χ2n) is 8.81. The fourth-order valence-electron chi connectivity index (χ4n) is 4.63. The van der Waals surface area contributed by atoms with Crippen LogP contribution in [0.4, 0.5) is 4.39 Å². The molecule has 0 saturated heterocycles. The fourth-order valence-corrected chi connectivity index (χ4v) is 4.63. The Morgan fingerprint density at radius 1 is 1.21 bits per heavy atom. The summed E-state index contributed by atoms with van der Waals surface area (Å²) in [7, 11) is 3.94. The lowest BCUT2D eigenvalue weighted by Crippen LogP contribution is -2.40. The van der Waals surface area contributed by atoms with Crippen molar-refractivity contribution >= 4 is 16.9 Å². The van der Waals surface area contributed by atoms with Crippen LogP contribution >= 0.6 is 0 Å². The van der Waals surface area contributed by atoms with Crippen LogP contribution in [0.1, 0.15) is 18.7 Å². The summed E-state index contributed by atoms with van der Waals surface area (Å²) in [5.41, 5.74) is 5.28. The van der Waals surface area contributed by atoms with Crippen LogP contribution in [-0.4, -0.2) is 62.6 Å². The molecule has 1 aromatic carbocycles. The number of nitrogens with zero attached hydrogens (tertiary/aromatic N) is 5. The molecule has 0 bridgehead atoms. The van der Waals surface area contributed by atoms with Crippen molar-refractivity contribution < 1.29 is 9.18 Å². The summed E-state index contributed by atoms with van der Waals surface area (Å²) >= 11 is 0. The van der Waals surface area contributed by atoms with Gasteiger partial charge in [-0.05, 0) is 63.0 Å². The third-order valence-corrected chi connectivity index (χ3v) is 6.27. The number of hydrogen-bond donors (Lipinski definition) is 1. The Kier molecular flexibility index (Phi) is 5.75. The van der Waals surface area contributed by atoms with Gasteiger partial charge in [0.1, 0.15) is 17.2 Å². The number of halogens is 1. The molecule has 0 saturated carbocycles. The summed E-state index contributed by atoms with van der Waals surface area (Å²) in [5, 5.41) is 5.92. The van der Waals surface area contributed by atoms with Crippen LogP contribution in [0, 0.1) is 5.82 Å². The first kappa shape index (κ1) is 22.0. The summed E-state index contributed by atoms with van der Waals surface area (Å²) in [6, 6.07) is 10.2. The number of nitrogens with one attached hydrogen (secondary N) is 1. The summed E-state index contributed by atoms with van der Waals surface area (Å²) in [6.45, 7) is 3.90. The van der Waals surface area contributed by atoms with Gasteiger partial charge in [-0.25, -0.2) is 9.37 Å². The number of likely N-dealkylation sites (N-methyl/N-ethyl adjacent to an activating group) is 1. The third-order valence-electron chi connectivity index (χ3n) is 6.27. The molecule has 7 nitrogen and oxygen atoms in total. The third kappa shape index (κ3) is 3.90. The first-order valence-corrected chi connectivity index (χ1v) is 11.3. The number of aromatic amines is 1. The molecule has 4 aromatic rings. The van der Waals surface area contributed by atoms with E-state index in [2.05, 4.69) is 9.97 Å². The number of amides is 1. The lowest BCUT2D eigenvalue weighted by atomic mass is 9.94. The van der Waals surface area contributed by atoms with Gasteiger partial charge in [0.05, 0.1) is 18.3 Å². The number of benzene rings is 1. The molecule has 0 fully saturated rings. The molecule has 8 heteroatoms. The van der Waals surface area contributed by atoms with Gasteiger partial charge in [0.2, 0.25) is 5.91 Å². The molecule has 1 unspecified atom stereocenters. The number of aromatic nitrogens is 4. The molecule has 4 heterocycles. The molecule has 34 heavy (non-hydrogen) atoms. The van der Waals surface area contributed by atoms with E-state index in [1.165, 1.54) is 12.1 Å². The van der Waals surface area contributed by atoms with Crippen molar-refractivity contribution in [3.63, 3.8) is 0 Å². The largest absolute Gasteiger partial charge is 0.346 e. The smallest absolute Gasteiger partial charge is 0.246 e. The van der Waals surface area contributed by atoms with Crippen molar-refractivity contribution in [3.8, 4) is 22.4 Å². The normalized spacial score (nSPS) is 16.0. The highest BCUT2D eigenvalue weighted by Gasteiger charge is 2.33. The molecule has 1 aliphatic rings. The topological polar surface area (TPSA) is 70.0 Å². The zero-order valence-electron chi connectivity index (χ0n) is 19.5. The molecule has 1 amide bonds. The van der Waals surface area contributed by atoms with Crippen molar-refractivity contribution in [2.24, 2.45) is 0 Å². The molecule has 174 valence electrons. The van der Waals surface area contributed by atoms with Crippen LogP contribution in [0.5, 0.6) is 0 Å². The van der Waals surface area contributed by atoms with Crippen LogP contribution in [0.2, 0.25) is 0 Å². The minimum absolute atomic E-state index is 0.0161. The van der Waals surface area contributed by atoms with E-state index >= 15 is 0 Å². The van der Waals surface area contributed by atoms with E-state index in [9.17, 15) is 9.18 Å². The Labute approximate surface area is 197 Å². The molecular formula is C26H27FN6O. The van der Waals surface area contributed by atoms with E-state index in [1.54, 1.807) is 24.4 Å². The molecule has 0 spiro atoms. The number of hydrogen-bond acceptors (Lipinski definition) is 4. The molecule has 5 rings (SSSR count). The summed E-state index contributed by atoms with van der Waals surface area (Å²) in [5.74, 6) is -0.307. The number of carbonyl (C=O) groups is 1. The average Bonchev–Trinajstić information content (AvgIpc) is 3.44. The maximum absolute atomic E-state index is 13.7. The van der Waals surface area contributed by atoms with Crippen molar-refractivity contribution in [1.82, 2.24) is 29.5 Å². The predicted molar refractivity (Wildman–Crippen MR) is 131 cm³/mol. The van der Waals surface area contributed by atoms with Gasteiger partial charge in [-0.2, -0.15) is 5.10 Å². The Morgan fingerprint density at radius 3 is 2.76 bits per heavy atom. The Balaban J connectivity index is 1.65. The maximum atomic E-state index is 13.7. The number of fused-ring (bicyclic) bond motifs is 2. The fraction of sp³-hybridized carbons (Fsp3) is 0.269. The molecule has 1 atom stereocenters. The van der Waals surface area contributed by atoms with Crippen molar-refractivity contribution in [2.75, 3.05) is 27.2 Å². The van der Waals surface area contributed by atoms with Gasteiger partial charge < -0.3 is 14.8 Å². The number of rotatable bonds is 5. The molecule has 1 aliphatic heterocycles. The van der Waals surface area contributed by atoms with E-state index < -0.39 is 0 Å². The van der Waals surface area contributed by atoms with Crippen molar-refractivity contribution in [1.29, 1.82) is 0 Å². The van der Waals surface area contributed by atoms with Gasteiger partial charge in [-0.15, -0.1) is 0 Å². The maximum Gasteiger partial charge on any atom is 0.246 e. The van der Waals surface area contributed by atoms with Crippen molar-refractivity contribution in [3.05, 3.63) is 72.5 Å². The summed E-state index contributed by atoms with van der Waals surface area (Å²) < 4.78 is 15.7. The highest BCUT2D eigenvalue weighted by atomic mass is 19.1. The molecule has 0 radical (unpaired) electrons. The summed E-state index contributed by atoms with van der Waals surface area (Å²) in [6.07, 6.45) is 7.18. The van der Waals surface area contributed by atoms with Crippen LogP contribution < -0.4 is 0 Å². The van der Waals surface area contributed by atoms with Gasteiger partial charge in [-0.3, -0.25) is 9.48 Å². The average molecular weight is 459 g/mol. The predicted octanol–water partition coefficient (Wildman–Crippen LogP) is 4.25. The lowest BCUT2D eigenvalue weighted by Gasteiger charge is -2.34. The zero-order chi connectivity index (χ0) is 23.8.